The summed E-state index contributed by atoms with van der Waals surface area (Å²) in [4.78, 5) is 24.5. The summed E-state index contributed by atoms with van der Waals surface area (Å²) in [5.74, 6) is -0.641. The summed E-state index contributed by atoms with van der Waals surface area (Å²) < 4.78 is 9.48. The first kappa shape index (κ1) is 13.4. The van der Waals surface area contributed by atoms with E-state index in [2.05, 4.69) is 15.0 Å². The van der Waals surface area contributed by atoms with Gasteiger partial charge < -0.3 is 14.5 Å². The second kappa shape index (κ2) is 6.19. The van der Waals surface area contributed by atoms with Gasteiger partial charge in [0.1, 0.15) is 0 Å². The van der Waals surface area contributed by atoms with Gasteiger partial charge in [0.25, 0.3) is 0 Å². The van der Waals surface area contributed by atoms with Crippen molar-refractivity contribution in [3.05, 3.63) is 34.3 Å². The van der Waals surface area contributed by atoms with Crippen molar-refractivity contribution in [2.24, 2.45) is 0 Å². The Bertz CT molecular complexity index is 614. The molecule has 0 aliphatic heterocycles. The minimum Gasteiger partial charge on any atom is -0.469 e. The van der Waals surface area contributed by atoms with Crippen LogP contribution in [-0.4, -0.2) is 24.6 Å². The van der Waals surface area contributed by atoms with Crippen LogP contribution >= 0.6 is 0 Å². The Morgan fingerprint density at radius 2 is 2.32 bits per heavy atom. The summed E-state index contributed by atoms with van der Waals surface area (Å²) in [7, 11) is 1.39. The highest BCUT2D eigenvalue weighted by atomic mass is 16.5. The molecule has 0 aliphatic carbocycles. The van der Waals surface area contributed by atoms with Crippen molar-refractivity contribution in [2.75, 3.05) is 13.7 Å². The van der Waals surface area contributed by atoms with E-state index in [0.717, 1.165) is 18.5 Å². The van der Waals surface area contributed by atoms with Gasteiger partial charge in [0.2, 0.25) is 0 Å². The van der Waals surface area contributed by atoms with Gasteiger partial charge in [-0.25, -0.2) is 4.79 Å². The maximum atomic E-state index is 11.0. The molecule has 1 aromatic carbocycles. The topological polar surface area (TPSA) is 84.3 Å². The van der Waals surface area contributed by atoms with E-state index < -0.39 is 5.76 Å². The second-order valence-electron chi connectivity index (χ2n) is 4.20. The van der Waals surface area contributed by atoms with E-state index in [0.29, 0.717) is 24.1 Å². The average molecular weight is 264 g/mol. The van der Waals surface area contributed by atoms with Gasteiger partial charge in [-0.05, 0) is 30.7 Å². The minimum atomic E-state index is -0.446. The van der Waals surface area contributed by atoms with E-state index in [1.165, 1.54) is 7.11 Å². The molecular weight excluding hydrogens is 248 g/mol. The van der Waals surface area contributed by atoms with Crippen LogP contribution in [0.2, 0.25) is 0 Å². The highest BCUT2D eigenvalue weighted by Gasteiger charge is 2.02. The van der Waals surface area contributed by atoms with Gasteiger partial charge in [-0.2, -0.15) is 0 Å². The Labute approximate surface area is 109 Å². The summed E-state index contributed by atoms with van der Waals surface area (Å²) >= 11 is 0. The number of fused-ring (bicyclic) bond motifs is 1. The van der Waals surface area contributed by atoms with E-state index >= 15 is 0 Å². The zero-order chi connectivity index (χ0) is 13.7. The molecule has 19 heavy (non-hydrogen) atoms. The zero-order valence-electron chi connectivity index (χ0n) is 10.7. The number of nitrogens with one attached hydrogen (secondary N) is 2. The lowest BCUT2D eigenvalue weighted by molar-refractivity contribution is -0.140. The number of ether oxygens (including phenoxy) is 1. The van der Waals surface area contributed by atoms with Crippen LogP contribution in [0.25, 0.3) is 11.1 Å². The molecule has 6 nitrogen and oxygen atoms in total. The van der Waals surface area contributed by atoms with Crippen molar-refractivity contribution in [1.82, 2.24) is 10.3 Å². The maximum Gasteiger partial charge on any atom is 0.417 e. The maximum absolute atomic E-state index is 11.0. The van der Waals surface area contributed by atoms with Gasteiger partial charge in [-0.1, -0.05) is 6.07 Å². The van der Waals surface area contributed by atoms with Crippen LogP contribution in [0.4, 0.5) is 0 Å². The molecule has 2 N–H and O–H groups in total. The minimum absolute atomic E-state index is 0.195. The van der Waals surface area contributed by atoms with Gasteiger partial charge in [0.05, 0.1) is 12.6 Å². The predicted octanol–water partition coefficient (Wildman–Crippen LogP) is 1.16. The lowest BCUT2D eigenvalue weighted by Crippen LogP contribution is -2.16. The van der Waals surface area contributed by atoms with Crippen LogP contribution in [0.15, 0.2) is 27.4 Å². The first-order valence-corrected chi connectivity index (χ1v) is 6.08. The molecule has 0 aliphatic rings. The van der Waals surface area contributed by atoms with Crippen molar-refractivity contribution in [3.63, 3.8) is 0 Å². The smallest absolute Gasteiger partial charge is 0.417 e. The highest BCUT2D eigenvalue weighted by Crippen LogP contribution is 2.11. The van der Waals surface area contributed by atoms with E-state index in [4.69, 9.17) is 4.42 Å². The third-order valence-electron chi connectivity index (χ3n) is 2.77. The summed E-state index contributed by atoms with van der Waals surface area (Å²) in [5.41, 5.74) is 2.29. The molecule has 2 aromatic rings. The van der Waals surface area contributed by atoms with Gasteiger partial charge >= 0.3 is 11.7 Å². The highest BCUT2D eigenvalue weighted by molar-refractivity contribution is 5.72. The van der Waals surface area contributed by atoms with Crippen LogP contribution in [0.3, 0.4) is 0 Å². The molecule has 0 amide bonds. The molecule has 6 heteroatoms. The fraction of sp³-hybridized carbons (Fsp3) is 0.385. The van der Waals surface area contributed by atoms with Crippen molar-refractivity contribution in [1.29, 1.82) is 0 Å². The molecule has 0 fully saturated rings. The third-order valence-corrected chi connectivity index (χ3v) is 2.77. The van der Waals surface area contributed by atoms with Gasteiger partial charge in [-0.3, -0.25) is 9.78 Å². The van der Waals surface area contributed by atoms with E-state index in [-0.39, 0.29) is 5.97 Å². The normalized spacial score (nSPS) is 10.8. The molecule has 0 saturated heterocycles. The first-order chi connectivity index (χ1) is 9.19. The fourth-order valence-electron chi connectivity index (χ4n) is 1.80. The van der Waals surface area contributed by atoms with E-state index in [9.17, 15) is 9.59 Å². The van der Waals surface area contributed by atoms with Crippen LogP contribution in [0.5, 0.6) is 0 Å². The average Bonchev–Trinajstić information content (AvgIpc) is 2.77. The molecule has 0 saturated carbocycles. The Kier molecular flexibility index (Phi) is 4.35. The fourth-order valence-corrected chi connectivity index (χ4v) is 1.80. The number of esters is 1. The number of H-pyrrole nitrogens is 1. The monoisotopic (exact) mass is 264 g/mol. The second-order valence-corrected chi connectivity index (χ2v) is 4.20. The van der Waals surface area contributed by atoms with Crippen molar-refractivity contribution in [3.8, 4) is 0 Å². The molecular formula is C13H16N2O4. The van der Waals surface area contributed by atoms with Crippen molar-refractivity contribution >= 4 is 17.1 Å². The van der Waals surface area contributed by atoms with Crippen LogP contribution < -0.4 is 11.1 Å². The Hall–Kier alpha value is -2.08. The molecule has 0 unspecified atom stereocenters. The number of hydrogen-bond donors (Lipinski definition) is 2. The van der Waals surface area contributed by atoms with E-state index in [1.54, 1.807) is 6.07 Å². The number of aromatic amines is 1. The SMILES string of the molecule is COC(=O)CCCNCc1ccc2oc(=O)[nH]c2c1. The number of methoxy groups -OCH3 is 1. The van der Waals surface area contributed by atoms with Crippen molar-refractivity contribution < 1.29 is 13.9 Å². The molecule has 1 heterocycles. The Morgan fingerprint density at radius 3 is 3.11 bits per heavy atom. The van der Waals surface area contributed by atoms with Gasteiger partial charge in [0, 0.05) is 13.0 Å². The Morgan fingerprint density at radius 1 is 1.47 bits per heavy atom. The molecule has 0 atom stereocenters. The Balaban J connectivity index is 1.81. The largest absolute Gasteiger partial charge is 0.469 e. The number of oxazole rings is 1. The summed E-state index contributed by atoms with van der Waals surface area (Å²) in [5, 5.41) is 3.22. The quantitative estimate of drug-likeness (QED) is 0.604. The van der Waals surface area contributed by atoms with E-state index in [1.807, 2.05) is 12.1 Å². The van der Waals surface area contributed by atoms with Gasteiger partial charge in [0.15, 0.2) is 5.58 Å². The number of benzene rings is 1. The number of carbonyl (C=O) groups is 1. The molecule has 0 spiro atoms. The molecule has 102 valence electrons. The molecule has 0 radical (unpaired) electrons. The molecule has 0 bridgehead atoms. The van der Waals surface area contributed by atoms with Crippen LogP contribution in [0, 0.1) is 0 Å². The van der Waals surface area contributed by atoms with Gasteiger partial charge in [-0.15, -0.1) is 0 Å². The van der Waals surface area contributed by atoms with Crippen LogP contribution in [0.1, 0.15) is 18.4 Å². The number of hydrogen-bond acceptors (Lipinski definition) is 5. The lowest BCUT2D eigenvalue weighted by Gasteiger charge is -2.04. The number of aromatic nitrogens is 1. The lowest BCUT2D eigenvalue weighted by atomic mass is 10.2. The van der Waals surface area contributed by atoms with Crippen LogP contribution in [-0.2, 0) is 16.1 Å². The predicted molar refractivity (Wildman–Crippen MR) is 69.8 cm³/mol. The summed E-state index contributed by atoms with van der Waals surface area (Å²) in [6.45, 7) is 1.40. The first-order valence-electron chi connectivity index (χ1n) is 6.08. The summed E-state index contributed by atoms with van der Waals surface area (Å²) in [6, 6.07) is 5.53. The molecule has 2 rings (SSSR count). The standard InChI is InChI=1S/C13H16N2O4/c1-18-12(16)3-2-6-14-8-9-4-5-11-10(7-9)15-13(17)19-11/h4-5,7,14H,2-3,6,8H2,1H3,(H,15,17). The number of rotatable bonds is 6. The zero-order valence-corrected chi connectivity index (χ0v) is 10.7. The number of carbonyl (C=O) groups excluding carboxylic acids is 1. The summed E-state index contributed by atoms with van der Waals surface area (Å²) in [6.07, 6.45) is 1.15. The van der Waals surface area contributed by atoms with Crippen molar-refractivity contribution in [2.45, 2.75) is 19.4 Å². The molecule has 1 aromatic heterocycles. The third kappa shape index (κ3) is 3.69.